The molecule has 0 spiro atoms. The van der Waals surface area contributed by atoms with Crippen LogP contribution in [0, 0.1) is 10.1 Å². The molecule has 2 atom stereocenters. The van der Waals surface area contributed by atoms with Crippen LogP contribution in [-0.2, 0) is 0 Å². The molecule has 1 aromatic rings. The predicted octanol–water partition coefficient (Wildman–Crippen LogP) is 2.37. The summed E-state index contributed by atoms with van der Waals surface area (Å²) in [4.78, 5) is 22.7. The van der Waals surface area contributed by atoms with E-state index in [1.807, 2.05) is 0 Å². The number of halogens is 1. The SMILES string of the molecule is O=C(NC1CC2CCC(C1)N2)c1cc([N+](=O)[O-])ccc1Br. The van der Waals surface area contributed by atoms with Gasteiger partial charge in [0, 0.05) is 34.7 Å². The highest BCUT2D eigenvalue weighted by molar-refractivity contribution is 9.10. The third-order valence-corrected chi connectivity index (χ3v) is 4.91. The Balaban J connectivity index is 1.73. The van der Waals surface area contributed by atoms with Gasteiger partial charge in [0.2, 0.25) is 0 Å². The highest BCUT2D eigenvalue weighted by atomic mass is 79.9. The molecule has 2 heterocycles. The number of carbonyl (C=O) groups excluding carboxylic acids is 1. The molecule has 7 heteroatoms. The molecule has 2 N–H and O–H groups in total. The Kier molecular flexibility index (Phi) is 3.95. The Morgan fingerprint density at radius 3 is 2.62 bits per heavy atom. The summed E-state index contributed by atoms with van der Waals surface area (Å²) in [5.41, 5.74) is 0.240. The van der Waals surface area contributed by atoms with Gasteiger partial charge in [-0.05, 0) is 47.7 Å². The molecule has 2 bridgehead atoms. The van der Waals surface area contributed by atoms with E-state index in [9.17, 15) is 14.9 Å². The number of nitrogens with one attached hydrogen (secondary N) is 2. The van der Waals surface area contributed by atoms with E-state index in [0.29, 0.717) is 22.1 Å². The first-order valence-corrected chi connectivity index (χ1v) is 7.83. The number of rotatable bonds is 3. The third-order valence-electron chi connectivity index (χ3n) is 4.21. The molecular weight excluding hydrogens is 338 g/mol. The zero-order chi connectivity index (χ0) is 15.0. The lowest BCUT2D eigenvalue weighted by atomic mass is 9.99. The summed E-state index contributed by atoms with van der Waals surface area (Å²) in [6.45, 7) is 0. The molecule has 2 unspecified atom stereocenters. The highest BCUT2D eigenvalue weighted by Gasteiger charge is 2.34. The minimum atomic E-state index is -0.492. The van der Waals surface area contributed by atoms with Gasteiger partial charge in [-0.15, -0.1) is 0 Å². The van der Waals surface area contributed by atoms with Crippen molar-refractivity contribution < 1.29 is 9.72 Å². The number of fused-ring (bicyclic) bond motifs is 2. The quantitative estimate of drug-likeness (QED) is 0.645. The van der Waals surface area contributed by atoms with E-state index in [1.165, 1.54) is 12.1 Å². The van der Waals surface area contributed by atoms with Crippen molar-refractivity contribution in [1.82, 2.24) is 10.6 Å². The van der Waals surface area contributed by atoms with E-state index in [2.05, 4.69) is 26.6 Å². The van der Waals surface area contributed by atoms with E-state index in [4.69, 9.17) is 0 Å². The van der Waals surface area contributed by atoms with Gasteiger partial charge in [0.15, 0.2) is 0 Å². The van der Waals surface area contributed by atoms with Gasteiger partial charge in [-0.1, -0.05) is 0 Å². The fraction of sp³-hybridized carbons (Fsp3) is 0.500. The molecule has 0 saturated carbocycles. The molecule has 3 rings (SSSR count). The Hall–Kier alpha value is -1.47. The van der Waals surface area contributed by atoms with Crippen LogP contribution in [0.1, 0.15) is 36.0 Å². The van der Waals surface area contributed by atoms with E-state index < -0.39 is 4.92 Å². The number of non-ortho nitro benzene ring substituents is 1. The number of amides is 1. The first-order chi connectivity index (χ1) is 10.0. The van der Waals surface area contributed by atoms with Gasteiger partial charge in [0.05, 0.1) is 10.5 Å². The van der Waals surface area contributed by atoms with E-state index in [0.717, 1.165) is 25.7 Å². The molecule has 2 aliphatic heterocycles. The Morgan fingerprint density at radius 2 is 2.00 bits per heavy atom. The Morgan fingerprint density at radius 1 is 1.33 bits per heavy atom. The summed E-state index contributed by atoms with van der Waals surface area (Å²) >= 11 is 3.29. The summed E-state index contributed by atoms with van der Waals surface area (Å²) in [5.74, 6) is -0.253. The van der Waals surface area contributed by atoms with Crippen LogP contribution in [-0.4, -0.2) is 29.0 Å². The van der Waals surface area contributed by atoms with Gasteiger partial charge in [0.25, 0.3) is 11.6 Å². The minimum Gasteiger partial charge on any atom is -0.349 e. The van der Waals surface area contributed by atoms with Crippen molar-refractivity contribution >= 4 is 27.5 Å². The van der Waals surface area contributed by atoms with Gasteiger partial charge in [-0.3, -0.25) is 14.9 Å². The first kappa shape index (κ1) is 14.5. The monoisotopic (exact) mass is 353 g/mol. The van der Waals surface area contributed by atoms with Crippen LogP contribution in [0.15, 0.2) is 22.7 Å². The molecular formula is C14H16BrN3O3. The lowest BCUT2D eigenvalue weighted by Crippen LogP contribution is -2.48. The zero-order valence-electron chi connectivity index (χ0n) is 11.3. The van der Waals surface area contributed by atoms with Crippen molar-refractivity contribution in [3.05, 3.63) is 38.3 Å². The van der Waals surface area contributed by atoms with E-state index in [-0.39, 0.29) is 17.6 Å². The molecule has 0 aromatic heterocycles. The second-order valence-electron chi connectivity index (χ2n) is 5.70. The van der Waals surface area contributed by atoms with Crippen molar-refractivity contribution in [3.63, 3.8) is 0 Å². The molecule has 2 saturated heterocycles. The average molecular weight is 354 g/mol. The van der Waals surface area contributed by atoms with Gasteiger partial charge < -0.3 is 10.6 Å². The van der Waals surface area contributed by atoms with Crippen LogP contribution >= 0.6 is 15.9 Å². The van der Waals surface area contributed by atoms with Crippen molar-refractivity contribution in [3.8, 4) is 0 Å². The molecule has 2 aliphatic rings. The summed E-state index contributed by atoms with van der Waals surface area (Å²) < 4.78 is 0.572. The average Bonchev–Trinajstić information content (AvgIpc) is 2.78. The molecule has 1 aromatic carbocycles. The van der Waals surface area contributed by atoms with Crippen molar-refractivity contribution in [1.29, 1.82) is 0 Å². The van der Waals surface area contributed by atoms with Crippen LogP contribution in [0.4, 0.5) is 5.69 Å². The molecule has 1 amide bonds. The topological polar surface area (TPSA) is 84.3 Å². The summed E-state index contributed by atoms with van der Waals surface area (Å²) in [6.07, 6.45) is 4.18. The number of benzene rings is 1. The van der Waals surface area contributed by atoms with Crippen LogP contribution in [0.2, 0.25) is 0 Å². The number of nitrogens with zero attached hydrogens (tertiary/aromatic N) is 1. The maximum atomic E-state index is 12.4. The second-order valence-corrected chi connectivity index (χ2v) is 6.56. The van der Waals surface area contributed by atoms with E-state index in [1.54, 1.807) is 6.07 Å². The second kappa shape index (κ2) is 5.73. The fourth-order valence-corrected chi connectivity index (χ4v) is 3.67. The predicted molar refractivity (Wildman–Crippen MR) is 81.2 cm³/mol. The maximum absolute atomic E-state index is 12.4. The largest absolute Gasteiger partial charge is 0.349 e. The van der Waals surface area contributed by atoms with E-state index >= 15 is 0 Å². The Labute approximate surface area is 130 Å². The lowest BCUT2D eigenvalue weighted by Gasteiger charge is -2.29. The highest BCUT2D eigenvalue weighted by Crippen LogP contribution is 2.28. The van der Waals surface area contributed by atoms with Crippen LogP contribution in [0.3, 0.4) is 0 Å². The van der Waals surface area contributed by atoms with Crippen LogP contribution < -0.4 is 10.6 Å². The van der Waals surface area contributed by atoms with Gasteiger partial charge >= 0.3 is 0 Å². The van der Waals surface area contributed by atoms with Gasteiger partial charge in [0.1, 0.15) is 0 Å². The summed E-state index contributed by atoms with van der Waals surface area (Å²) in [6, 6.07) is 5.35. The van der Waals surface area contributed by atoms with Gasteiger partial charge in [-0.2, -0.15) is 0 Å². The normalized spacial score (nSPS) is 27.4. The number of hydrogen-bond donors (Lipinski definition) is 2. The maximum Gasteiger partial charge on any atom is 0.270 e. The van der Waals surface area contributed by atoms with Crippen molar-refractivity contribution in [2.75, 3.05) is 0 Å². The summed E-state index contributed by atoms with van der Waals surface area (Å²) in [7, 11) is 0. The molecule has 6 nitrogen and oxygen atoms in total. The molecule has 0 aliphatic carbocycles. The lowest BCUT2D eigenvalue weighted by molar-refractivity contribution is -0.384. The first-order valence-electron chi connectivity index (χ1n) is 7.04. The molecule has 21 heavy (non-hydrogen) atoms. The Bertz CT molecular complexity index is 581. The number of hydrogen-bond acceptors (Lipinski definition) is 4. The van der Waals surface area contributed by atoms with Gasteiger partial charge in [-0.25, -0.2) is 0 Å². The fourth-order valence-electron chi connectivity index (χ4n) is 3.24. The van der Waals surface area contributed by atoms with Crippen molar-refractivity contribution in [2.24, 2.45) is 0 Å². The van der Waals surface area contributed by atoms with Crippen LogP contribution in [0.25, 0.3) is 0 Å². The van der Waals surface area contributed by atoms with Crippen molar-refractivity contribution in [2.45, 2.75) is 43.8 Å². The molecule has 0 radical (unpaired) electrons. The number of nitro benzene ring substituents is 1. The third kappa shape index (κ3) is 3.08. The zero-order valence-corrected chi connectivity index (χ0v) is 12.9. The molecule has 112 valence electrons. The van der Waals surface area contributed by atoms with Crippen LogP contribution in [0.5, 0.6) is 0 Å². The number of piperidine rings is 1. The molecule has 2 fully saturated rings. The smallest absolute Gasteiger partial charge is 0.270 e. The standard InChI is InChI=1S/C14H16BrN3O3/c15-13-4-3-11(18(20)21)7-12(13)14(19)17-10-5-8-1-2-9(6-10)16-8/h3-4,7-10,16H,1-2,5-6H2,(H,17,19). The number of carbonyl (C=O) groups is 1. The number of nitro groups is 1. The minimum absolute atomic E-state index is 0.0752. The summed E-state index contributed by atoms with van der Waals surface area (Å²) in [5, 5.41) is 17.4.